The lowest BCUT2D eigenvalue weighted by Crippen LogP contribution is -2.12. The first-order chi connectivity index (χ1) is 8.43. The average molecular weight is 256 g/mol. The van der Waals surface area contributed by atoms with Gasteiger partial charge in [-0.15, -0.1) is 0 Å². The normalized spacial score (nSPS) is 12.6. The summed E-state index contributed by atoms with van der Waals surface area (Å²) in [5, 5.41) is 0. The largest absolute Gasteiger partial charge is 0.487 e. The van der Waals surface area contributed by atoms with E-state index in [-0.39, 0.29) is 18.1 Å². The van der Waals surface area contributed by atoms with Crippen molar-refractivity contribution in [1.29, 1.82) is 0 Å². The molecule has 0 amide bonds. The van der Waals surface area contributed by atoms with E-state index in [2.05, 4.69) is 13.8 Å². The highest BCUT2D eigenvalue weighted by Crippen LogP contribution is 2.24. The summed E-state index contributed by atoms with van der Waals surface area (Å²) in [5.41, 5.74) is -0.0346. The van der Waals surface area contributed by atoms with Gasteiger partial charge in [0.15, 0.2) is 17.4 Å². The first-order valence-electron chi connectivity index (χ1n) is 6.01. The van der Waals surface area contributed by atoms with Crippen molar-refractivity contribution in [3.05, 3.63) is 29.3 Å². The molecule has 0 spiro atoms. The first kappa shape index (κ1) is 14.6. The number of hydrogen-bond acceptors (Lipinski definition) is 2. The lowest BCUT2D eigenvalue weighted by atomic mass is 10.00. The third-order valence-corrected chi connectivity index (χ3v) is 2.54. The predicted octanol–water partition coefficient (Wildman–Crippen LogP) is 3.84. The summed E-state index contributed by atoms with van der Waals surface area (Å²) < 4.78 is 32.1. The second-order valence-corrected chi connectivity index (χ2v) is 4.98. The number of carbonyl (C=O) groups excluding carboxylic acids is 1. The minimum absolute atomic E-state index is 0.0346. The summed E-state index contributed by atoms with van der Waals surface area (Å²) >= 11 is 0. The van der Waals surface area contributed by atoms with E-state index in [1.807, 2.05) is 6.92 Å². The number of aldehydes is 1. The van der Waals surface area contributed by atoms with Crippen LogP contribution in [0.3, 0.4) is 0 Å². The Morgan fingerprint density at radius 3 is 2.22 bits per heavy atom. The summed E-state index contributed by atoms with van der Waals surface area (Å²) in [7, 11) is 0. The molecular weight excluding hydrogens is 238 g/mol. The Balaban J connectivity index is 2.70. The van der Waals surface area contributed by atoms with Gasteiger partial charge in [0.25, 0.3) is 0 Å². The Kier molecular flexibility index (Phi) is 5.25. The van der Waals surface area contributed by atoms with Gasteiger partial charge in [-0.2, -0.15) is 0 Å². The van der Waals surface area contributed by atoms with Crippen LogP contribution in [0.1, 0.15) is 37.6 Å². The lowest BCUT2D eigenvalue weighted by molar-refractivity contribution is 0.112. The molecule has 1 atom stereocenters. The number of halogens is 2. The van der Waals surface area contributed by atoms with Crippen molar-refractivity contribution in [3.63, 3.8) is 0 Å². The van der Waals surface area contributed by atoms with E-state index in [9.17, 15) is 13.6 Å². The second kappa shape index (κ2) is 6.47. The molecule has 0 aliphatic rings. The third-order valence-electron chi connectivity index (χ3n) is 2.54. The van der Waals surface area contributed by atoms with Crippen LogP contribution in [-0.2, 0) is 0 Å². The molecule has 2 nitrogen and oxygen atoms in total. The highest BCUT2D eigenvalue weighted by atomic mass is 19.1. The summed E-state index contributed by atoms with van der Waals surface area (Å²) in [5.74, 6) is -1.36. The van der Waals surface area contributed by atoms with Crippen molar-refractivity contribution in [3.8, 4) is 5.75 Å². The zero-order valence-electron chi connectivity index (χ0n) is 10.9. The summed E-state index contributed by atoms with van der Waals surface area (Å²) in [6, 6.07) is 1.94. The molecule has 0 N–H and O–H groups in total. The fraction of sp³-hybridized carbons (Fsp3) is 0.500. The maximum atomic E-state index is 13.5. The van der Waals surface area contributed by atoms with Crippen LogP contribution >= 0.6 is 0 Å². The zero-order valence-corrected chi connectivity index (χ0v) is 10.9. The van der Waals surface area contributed by atoms with Crippen LogP contribution in [0.2, 0.25) is 0 Å². The van der Waals surface area contributed by atoms with Gasteiger partial charge in [-0.3, -0.25) is 4.79 Å². The monoisotopic (exact) mass is 256 g/mol. The summed E-state index contributed by atoms with van der Waals surface area (Å²) in [6.07, 6.45) is 1.33. The van der Waals surface area contributed by atoms with E-state index >= 15 is 0 Å². The molecule has 0 aliphatic heterocycles. The Bertz CT molecular complexity index is 393. The smallest absolute Gasteiger partial charge is 0.190 e. The Labute approximate surface area is 106 Å². The fourth-order valence-electron chi connectivity index (χ4n) is 1.88. The van der Waals surface area contributed by atoms with E-state index in [1.54, 1.807) is 0 Å². The molecule has 0 saturated carbocycles. The van der Waals surface area contributed by atoms with Crippen LogP contribution in [0.25, 0.3) is 0 Å². The number of carbonyl (C=O) groups is 1. The Morgan fingerprint density at radius 1 is 1.22 bits per heavy atom. The maximum absolute atomic E-state index is 13.5. The van der Waals surface area contributed by atoms with E-state index in [0.29, 0.717) is 12.2 Å². The van der Waals surface area contributed by atoms with Gasteiger partial charge in [-0.1, -0.05) is 20.8 Å². The summed E-state index contributed by atoms with van der Waals surface area (Å²) in [4.78, 5) is 10.4. The zero-order chi connectivity index (χ0) is 13.7. The molecule has 0 aliphatic carbocycles. The van der Waals surface area contributed by atoms with Crippen LogP contribution in [0, 0.1) is 23.5 Å². The first-order valence-corrected chi connectivity index (χ1v) is 6.01. The molecule has 0 radical (unpaired) electrons. The van der Waals surface area contributed by atoms with Gasteiger partial charge in [0.1, 0.15) is 6.29 Å². The van der Waals surface area contributed by atoms with Gasteiger partial charge in [-0.05, 0) is 30.4 Å². The number of hydrogen-bond donors (Lipinski definition) is 0. The molecule has 4 heteroatoms. The van der Waals surface area contributed by atoms with Gasteiger partial charge < -0.3 is 4.74 Å². The molecule has 1 aromatic carbocycles. The highest BCUT2D eigenvalue weighted by Gasteiger charge is 2.14. The number of ether oxygens (including phenoxy) is 1. The molecular formula is C14H18F2O2. The molecule has 1 aromatic rings. The quantitative estimate of drug-likeness (QED) is 0.723. The lowest BCUT2D eigenvalue weighted by Gasteiger charge is -2.15. The van der Waals surface area contributed by atoms with Gasteiger partial charge in [0.2, 0.25) is 0 Å². The Hall–Kier alpha value is -1.45. The van der Waals surface area contributed by atoms with Gasteiger partial charge in [-0.25, -0.2) is 8.78 Å². The van der Waals surface area contributed by atoms with Crippen molar-refractivity contribution in [2.45, 2.75) is 27.2 Å². The fourth-order valence-corrected chi connectivity index (χ4v) is 1.88. The van der Waals surface area contributed by atoms with Crippen molar-refractivity contribution in [2.75, 3.05) is 6.61 Å². The van der Waals surface area contributed by atoms with Gasteiger partial charge >= 0.3 is 0 Å². The van der Waals surface area contributed by atoms with Crippen LogP contribution in [0.15, 0.2) is 12.1 Å². The average Bonchev–Trinajstić information content (AvgIpc) is 2.26. The molecule has 0 bridgehead atoms. The standard InChI is InChI=1S/C14H18F2O2/c1-9(2)4-10(3)8-18-14-12(15)5-11(7-17)6-13(14)16/h5-7,9-10H,4,8H2,1-3H3. The van der Waals surface area contributed by atoms with E-state index in [1.165, 1.54) is 0 Å². The predicted molar refractivity (Wildman–Crippen MR) is 65.9 cm³/mol. The second-order valence-electron chi connectivity index (χ2n) is 4.98. The van der Waals surface area contributed by atoms with Crippen molar-refractivity contribution in [1.82, 2.24) is 0 Å². The minimum Gasteiger partial charge on any atom is -0.487 e. The van der Waals surface area contributed by atoms with Gasteiger partial charge in [0, 0.05) is 5.56 Å². The number of benzene rings is 1. The SMILES string of the molecule is CC(C)CC(C)COc1c(F)cc(C=O)cc1F. The van der Waals surface area contributed by atoms with Crippen molar-refractivity contribution < 1.29 is 18.3 Å². The highest BCUT2D eigenvalue weighted by molar-refractivity contribution is 5.75. The van der Waals surface area contributed by atoms with Crippen molar-refractivity contribution in [2.24, 2.45) is 11.8 Å². The Morgan fingerprint density at radius 2 is 1.78 bits per heavy atom. The van der Waals surface area contributed by atoms with Gasteiger partial charge in [0.05, 0.1) is 6.61 Å². The van der Waals surface area contributed by atoms with E-state index < -0.39 is 17.4 Å². The van der Waals surface area contributed by atoms with Crippen LogP contribution in [0.4, 0.5) is 8.78 Å². The summed E-state index contributed by atoms with van der Waals surface area (Å²) in [6.45, 7) is 6.38. The molecule has 1 unspecified atom stereocenters. The number of rotatable bonds is 6. The molecule has 18 heavy (non-hydrogen) atoms. The molecule has 1 rings (SSSR count). The van der Waals surface area contributed by atoms with Crippen LogP contribution in [0.5, 0.6) is 5.75 Å². The van der Waals surface area contributed by atoms with E-state index in [4.69, 9.17) is 4.74 Å². The third kappa shape index (κ3) is 4.09. The minimum atomic E-state index is -0.839. The molecule has 0 fully saturated rings. The molecule has 0 saturated heterocycles. The van der Waals surface area contributed by atoms with Crippen molar-refractivity contribution >= 4 is 6.29 Å². The topological polar surface area (TPSA) is 26.3 Å². The molecule has 100 valence electrons. The molecule has 0 heterocycles. The van der Waals surface area contributed by atoms with Crippen LogP contribution in [-0.4, -0.2) is 12.9 Å². The molecule has 0 aromatic heterocycles. The van der Waals surface area contributed by atoms with Crippen LogP contribution < -0.4 is 4.74 Å². The van der Waals surface area contributed by atoms with E-state index in [0.717, 1.165) is 18.6 Å². The maximum Gasteiger partial charge on any atom is 0.190 e.